The maximum Gasteiger partial charge on any atom is 0.282 e. The first kappa shape index (κ1) is 13.2. The van der Waals surface area contributed by atoms with Gasteiger partial charge in [0, 0.05) is 13.6 Å². The van der Waals surface area contributed by atoms with Crippen LogP contribution in [0.3, 0.4) is 0 Å². The third-order valence-corrected chi connectivity index (χ3v) is 3.58. The summed E-state index contributed by atoms with van der Waals surface area (Å²) in [7, 11) is 1.64. The van der Waals surface area contributed by atoms with Gasteiger partial charge in [0.15, 0.2) is 0 Å². The maximum atomic E-state index is 11.6. The van der Waals surface area contributed by atoms with Gasteiger partial charge in [-0.15, -0.1) is 0 Å². The van der Waals surface area contributed by atoms with E-state index in [0.717, 1.165) is 25.1 Å². The van der Waals surface area contributed by atoms with Crippen molar-refractivity contribution in [3.05, 3.63) is 21.0 Å². The Hall–Kier alpha value is -0.840. The fourth-order valence-electron chi connectivity index (χ4n) is 1.47. The van der Waals surface area contributed by atoms with Crippen LogP contribution in [-0.4, -0.2) is 16.3 Å². The van der Waals surface area contributed by atoms with E-state index in [4.69, 9.17) is 0 Å². The molecule has 16 heavy (non-hydrogen) atoms. The Morgan fingerprint density at radius 2 is 2.12 bits per heavy atom. The van der Waals surface area contributed by atoms with Crippen molar-refractivity contribution in [2.75, 3.05) is 11.9 Å². The summed E-state index contributed by atoms with van der Waals surface area (Å²) in [6.07, 6.45) is 3.95. The van der Waals surface area contributed by atoms with E-state index in [-0.39, 0.29) is 5.56 Å². The van der Waals surface area contributed by atoms with Crippen molar-refractivity contribution in [1.29, 1.82) is 0 Å². The van der Waals surface area contributed by atoms with Gasteiger partial charge in [0.1, 0.15) is 4.47 Å². The lowest BCUT2D eigenvalue weighted by molar-refractivity contribution is 0.518. The van der Waals surface area contributed by atoms with Crippen molar-refractivity contribution in [2.45, 2.75) is 26.7 Å². The van der Waals surface area contributed by atoms with Crippen LogP contribution in [0.1, 0.15) is 26.7 Å². The van der Waals surface area contributed by atoms with Crippen molar-refractivity contribution >= 4 is 21.6 Å². The molecular formula is C11H18BrN3O. The average molecular weight is 288 g/mol. The molecule has 1 aromatic heterocycles. The van der Waals surface area contributed by atoms with Gasteiger partial charge in [0.2, 0.25) is 0 Å². The number of hydrogen-bond acceptors (Lipinski definition) is 3. The van der Waals surface area contributed by atoms with E-state index in [1.807, 2.05) is 0 Å². The van der Waals surface area contributed by atoms with E-state index >= 15 is 0 Å². The first-order chi connectivity index (χ1) is 7.60. The molecule has 0 aliphatic carbocycles. The van der Waals surface area contributed by atoms with Gasteiger partial charge < -0.3 is 5.32 Å². The Morgan fingerprint density at radius 1 is 1.50 bits per heavy atom. The van der Waals surface area contributed by atoms with Crippen molar-refractivity contribution in [2.24, 2.45) is 13.0 Å². The van der Waals surface area contributed by atoms with Gasteiger partial charge in [0.05, 0.1) is 11.9 Å². The Kier molecular flexibility index (Phi) is 4.99. The zero-order valence-electron chi connectivity index (χ0n) is 9.96. The fraction of sp³-hybridized carbons (Fsp3) is 0.636. The van der Waals surface area contributed by atoms with Gasteiger partial charge in [-0.1, -0.05) is 26.7 Å². The number of rotatable bonds is 5. The normalized spacial score (nSPS) is 10.8. The van der Waals surface area contributed by atoms with Gasteiger partial charge in [0.25, 0.3) is 5.56 Å². The molecule has 1 heterocycles. The predicted octanol–water partition coefficient (Wildman–Crippen LogP) is 2.39. The molecule has 90 valence electrons. The summed E-state index contributed by atoms with van der Waals surface area (Å²) in [4.78, 5) is 11.6. The molecule has 0 fully saturated rings. The molecule has 0 unspecified atom stereocenters. The van der Waals surface area contributed by atoms with Crippen LogP contribution in [0.4, 0.5) is 5.69 Å². The third kappa shape index (κ3) is 3.07. The largest absolute Gasteiger partial charge is 0.382 e. The summed E-state index contributed by atoms with van der Waals surface area (Å²) in [5, 5.41) is 7.24. The minimum Gasteiger partial charge on any atom is -0.382 e. The topological polar surface area (TPSA) is 46.9 Å². The number of aromatic nitrogens is 2. The predicted molar refractivity (Wildman–Crippen MR) is 69.7 cm³/mol. The number of halogens is 1. The average Bonchev–Trinajstić information content (AvgIpc) is 2.30. The molecule has 5 heteroatoms. The molecule has 0 radical (unpaired) electrons. The van der Waals surface area contributed by atoms with Crippen LogP contribution in [0.15, 0.2) is 15.5 Å². The van der Waals surface area contributed by atoms with Crippen LogP contribution in [0.5, 0.6) is 0 Å². The summed E-state index contributed by atoms with van der Waals surface area (Å²) in [6, 6.07) is 0. The second-order valence-electron chi connectivity index (χ2n) is 3.86. The quantitative estimate of drug-likeness (QED) is 0.905. The molecular weight excluding hydrogens is 270 g/mol. The summed E-state index contributed by atoms with van der Waals surface area (Å²) < 4.78 is 1.86. The van der Waals surface area contributed by atoms with Crippen LogP contribution in [0, 0.1) is 5.92 Å². The van der Waals surface area contributed by atoms with Crippen molar-refractivity contribution < 1.29 is 0 Å². The molecule has 0 bridgehead atoms. The zero-order chi connectivity index (χ0) is 12.1. The number of hydrogen-bond donors (Lipinski definition) is 1. The number of aryl methyl sites for hydroxylation is 1. The molecule has 0 spiro atoms. The highest BCUT2D eigenvalue weighted by Crippen LogP contribution is 2.17. The van der Waals surface area contributed by atoms with Gasteiger partial charge in [-0.25, -0.2) is 4.68 Å². The van der Waals surface area contributed by atoms with Crippen LogP contribution in [0.2, 0.25) is 0 Å². The van der Waals surface area contributed by atoms with Crippen LogP contribution < -0.4 is 10.9 Å². The van der Waals surface area contributed by atoms with Gasteiger partial charge >= 0.3 is 0 Å². The standard InChI is InChI=1S/C11H18BrN3O/c1-4-8(5-2)6-13-9-7-14-15(3)11(16)10(9)12/h7-8,13H,4-6H2,1-3H3. The molecule has 1 N–H and O–H groups in total. The molecule has 0 saturated heterocycles. The highest BCUT2D eigenvalue weighted by molar-refractivity contribution is 9.10. The molecule has 0 amide bonds. The number of nitrogens with zero attached hydrogens (tertiary/aromatic N) is 2. The van der Waals surface area contributed by atoms with E-state index in [0.29, 0.717) is 10.4 Å². The van der Waals surface area contributed by atoms with E-state index in [1.54, 1.807) is 13.2 Å². The molecule has 0 aromatic carbocycles. The van der Waals surface area contributed by atoms with E-state index in [1.165, 1.54) is 4.68 Å². The Balaban J connectivity index is 2.75. The Morgan fingerprint density at radius 3 is 2.69 bits per heavy atom. The minimum absolute atomic E-state index is 0.116. The first-order valence-corrected chi connectivity index (χ1v) is 6.35. The molecule has 0 atom stereocenters. The molecule has 0 aliphatic rings. The molecule has 1 aromatic rings. The second-order valence-corrected chi connectivity index (χ2v) is 4.66. The minimum atomic E-state index is -0.116. The van der Waals surface area contributed by atoms with Crippen molar-refractivity contribution in [1.82, 2.24) is 9.78 Å². The molecule has 4 nitrogen and oxygen atoms in total. The third-order valence-electron chi connectivity index (χ3n) is 2.81. The summed E-state index contributed by atoms with van der Waals surface area (Å²) in [5.74, 6) is 0.635. The summed E-state index contributed by atoms with van der Waals surface area (Å²) in [5.41, 5.74) is 0.657. The van der Waals surface area contributed by atoms with E-state index in [9.17, 15) is 4.79 Å². The van der Waals surface area contributed by atoms with Crippen LogP contribution in [-0.2, 0) is 7.05 Å². The fourth-order valence-corrected chi connectivity index (χ4v) is 1.96. The maximum absolute atomic E-state index is 11.6. The number of anilines is 1. The van der Waals surface area contributed by atoms with Crippen LogP contribution >= 0.6 is 15.9 Å². The highest BCUT2D eigenvalue weighted by atomic mass is 79.9. The van der Waals surface area contributed by atoms with E-state index in [2.05, 4.69) is 40.2 Å². The first-order valence-electron chi connectivity index (χ1n) is 5.55. The van der Waals surface area contributed by atoms with Gasteiger partial charge in [-0.05, 0) is 21.8 Å². The van der Waals surface area contributed by atoms with Gasteiger partial charge in [-0.3, -0.25) is 4.79 Å². The zero-order valence-corrected chi connectivity index (χ0v) is 11.5. The number of nitrogens with one attached hydrogen (secondary N) is 1. The van der Waals surface area contributed by atoms with E-state index < -0.39 is 0 Å². The lowest BCUT2D eigenvalue weighted by atomic mass is 10.0. The summed E-state index contributed by atoms with van der Waals surface area (Å²) >= 11 is 3.29. The SMILES string of the molecule is CCC(CC)CNc1cnn(C)c(=O)c1Br. The Labute approximate surface area is 104 Å². The molecule has 0 aliphatic heterocycles. The highest BCUT2D eigenvalue weighted by Gasteiger charge is 2.08. The molecule has 1 rings (SSSR count). The van der Waals surface area contributed by atoms with Crippen molar-refractivity contribution in [3.8, 4) is 0 Å². The monoisotopic (exact) mass is 287 g/mol. The smallest absolute Gasteiger partial charge is 0.282 e. The second kappa shape index (κ2) is 6.03. The molecule has 0 saturated carbocycles. The summed E-state index contributed by atoms with van der Waals surface area (Å²) in [6.45, 7) is 5.22. The van der Waals surface area contributed by atoms with Gasteiger partial charge in [-0.2, -0.15) is 5.10 Å². The van der Waals surface area contributed by atoms with Crippen LogP contribution in [0.25, 0.3) is 0 Å². The lowest BCUT2D eigenvalue weighted by Gasteiger charge is -2.14. The lowest BCUT2D eigenvalue weighted by Crippen LogP contribution is -2.22. The Bertz CT molecular complexity index is 399. The van der Waals surface area contributed by atoms with Crippen molar-refractivity contribution in [3.63, 3.8) is 0 Å².